The zero-order valence-corrected chi connectivity index (χ0v) is 13.1. The molecule has 3 rings (SSSR count). The fourth-order valence-electron chi connectivity index (χ4n) is 2.21. The third kappa shape index (κ3) is 4.06. The van der Waals surface area contributed by atoms with Crippen LogP contribution >= 0.6 is 0 Å². The third-order valence-corrected chi connectivity index (χ3v) is 3.42. The highest BCUT2D eigenvalue weighted by Crippen LogP contribution is 2.18. The monoisotopic (exact) mass is 335 g/mol. The zero-order valence-electron chi connectivity index (χ0n) is 13.1. The van der Waals surface area contributed by atoms with Crippen LogP contribution in [0.4, 0.5) is 15.8 Å². The third-order valence-electron chi connectivity index (χ3n) is 3.42. The molecule has 124 valence electrons. The number of carbonyl (C=O) groups excluding carboxylic acids is 2. The summed E-state index contributed by atoms with van der Waals surface area (Å²) >= 11 is 0. The van der Waals surface area contributed by atoms with Crippen LogP contribution < -0.4 is 10.6 Å². The molecule has 0 radical (unpaired) electrons. The molecule has 6 heteroatoms. The van der Waals surface area contributed by atoms with E-state index in [0.717, 1.165) is 0 Å². The topological polar surface area (TPSA) is 71.1 Å². The molecule has 0 aliphatic heterocycles. The van der Waals surface area contributed by atoms with Crippen molar-refractivity contribution in [1.29, 1.82) is 0 Å². The molecule has 25 heavy (non-hydrogen) atoms. The number of hydrogen-bond acceptors (Lipinski definition) is 3. The Bertz CT molecular complexity index is 896. The number of aromatic nitrogens is 1. The van der Waals surface area contributed by atoms with Crippen LogP contribution in [0.15, 0.2) is 72.9 Å². The minimum Gasteiger partial charge on any atom is -0.322 e. The summed E-state index contributed by atoms with van der Waals surface area (Å²) in [6.45, 7) is 0. The van der Waals surface area contributed by atoms with E-state index in [9.17, 15) is 14.0 Å². The standard InChI is InChI=1S/C19H14FN3O2/c20-13-8-10-14(11-9-13)22-18(24)15-5-1-2-6-16(15)23-19(25)17-7-3-4-12-21-17/h1-12H,(H,22,24)(H,23,25). The fourth-order valence-corrected chi connectivity index (χ4v) is 2.21. The van der Waals surface area contributed by atoms with Gasteiger partial charge in [0.1, 0.15) is 11.5 Å². The van der Waals surface area contributed by atoms with Gasteiger partial charge >= 0.3 is 0 Å². The Hall–Kier alpha value is -3.54. The summed E-state index contributed by atoms with van der Waals surface area (Å²) in [5, 5.41) is 5.35. The van der Waals surface area contributed by atoms with Crippen molar-refractivity contribution in [3.63, 3.8) is 0 Å². The smallest absolute Gasteiger partial charge is 0.274 e. The Morgan fingerprint density at radius 3 is 2.24 bits per heavy atom. The van der Waals surface area contributed by atoms with E-state index in [1.165, 1.54) is 30.5 Å². The number of rotatable bonds is 4. The van der Waals surface area contributed by atoms with Crippen molar-refractivity contribution in [2.45, 2.75) is 0 Å². The maximum Gasteiger partial charge on any atom is 0.274 e. The SMILES string of the molecule is O=C(Nc1ccccc1C(=O)Nc1ccc(F)cc1)c1ccccn1. The molecule has 1 aromatic heterocycles. The van der Waals surface area contributed by atoms with E-state index < -0.39 is 11.8 Å². The number of carbonyl (C=O) groups is 2. The van der Waals surface area contributed by atoms with Gasteiger partial charge in [-0.15, -0.1) is 0 Å². The maximum absolute atomic E-state index is 12.9. The van der Waals surface area contributed by atoms with E-state index in [2.05, 4.69) is 15.6 Å². The molecule has 0 unspecified atom stereocenters. The molecule has 3 aromatic rings. The van der Waals surface area contributed by atoms with Crippen LogP contribution in [-0.4, -0.2) is 16.8 Å². The van der Waals surface area contributed by atoms with Gasteiger partial charge in [-0.3, -0.25) is 14.6 Å². The van der Waals surface area contributed by atoms with Gasteiger partial charge in [0.05, 0.1) is 11.3 Å². The van der Waals surface area contributed by atoms with E-state index >= 15 is 0 Å². The summed E-state index contributed by atoms with van der Waals surface area (Å²) in [7, 11) is 0. The van der Waals surface area contributed by atoms with Gasteiger partial charge in [0, 0.05) is 11.9 Å². The molecule has 0 saturated carbocycles. The van der Waals surface area contributed by atoms with Gasteiger partial charge in [-0.2, -0.15) is 0 Å². The Kier molecular flexibility index (Phi) is 4.80. The van der Waals surface area contributed by atoms with Crippen LogP contribution in [0.3, 0.4) is 0 Å². The van der Waals surface area contributed by atoms with Crippen molar-refractivity contribution in [3.05, 3.63) is 90.0 Å². The van der Waals surface area contributed by atoms with Crippen LogP contribution in [0.25, 0.3) is 0 Å². The lowest BCUT2D eigenvalue weighted by molar-refractivity contribution is 0.102. The highest BCUT2D eigenvalue weighted by molar-refractivity contribution is 6.12. The molecule has 0 saturated heterocycles. The molecule has 0 atom stereocenters. The first-order valence-corrected chi connectivity index (χ1v) is 7.52. The quantitative estimate of drug-likeness (QED) is 0.763. The summed E-state index contributed by atoms with van der Waals surface area (Å²) in [4.78, 5) is 28.7. The van der Waals surface area contributed by atoms with Crippen molar-refractivity contribution in [1.82, 2.24) is 4.98 Å². The highest BCUT2D eigenvalue weighted by atomic mass is 19.1. The highest BCUT2D eigenvalue weighted by Gasteiger charge is 2.14. The number of anilines is 2. The number of hydrogen-bond donors (Lipinski definition) is 2. The van der Waals surface area contributed by atoms with Crippen molar-refractivity contribution in [3.8, 4) is 0 Å². The van der Waals surface area contributed by atoms with Gasteiger partial charge in [0.25, 0.3) is 11.8 Å². The van der Waals surface area contributed by atoms with Crippen molar-refractivity contribution >= 4 is 23.2 Å². The first-order valence-electron chi connectivity index (χ1n) is 7.52. The molecule has 0 spiro atoms. The lowest BCUT2D eigenvalue weighted by Crippen LogP contribution is -2.18. The predicted octanol–water partition coefficient (Wildman–Crippen LogP) is 3.73. The molecule has 0 bridgehead atoms. The average Bonchev–Trinajstić information content (AvgIpc) is 2.64. The summed E-state index contributed by atoms with van der Waals surface area (Å²) in [6, 6.07) is 17.0. The van der Waals surface area contributed by atoms with Crippen molar-refractivity contribution < 1.29 is 14.0 Å². The van der Waals surface area contributed by atoms with Crippen LogP contribution in [-0.2, 0) is 0 Å². The van der Waals surface area contributed by atoms with Crippen LogP contribution in [0.5, 0.6) is 0 Å². The molecule has 0 aliphatic rings. The number of nitrogens with zero attached hydrogens (tertiary/aromatic N) is 1. The predicted molar refractivity (Wildman–Crippen MR) is 93.0 cm³/mol. The number of para-hydroxylation sites is 1. The van der Waals surface area contributed by atoms with E-state index in [1.54, 1.807) is 42.5 Å². The summed E-state index contributed by atoms with van der Waals surface area (Å²) in [5.74, 6) is -1.22. The number of nitrogens with one attached hydrogen (secondary N) is 2. The molecule has 5 nitrogen and oxygen atoms in total. The second-order valence-electron chi connectivity index (χ2n) is 5.18. The minimum absolute atomic E-state index is 0.247. The van der Waals surface area contributed by atoms with Gasteiger partial charge in [0.15, 0.2) is 0 Å². The molecule has 1 heterocycles. The van der Waals surface area contributed by atoms with Gasteiger partial charge in [-0.1, -0.05) is 18.2 Å². The maximum atomic E-state index is 12.9. The molecule has 2 amide bonds. The van der Waals surface area contributed by atoms with E-state index in [-0.39, 0.29) is 17.1 Å². The minimum atomic E-state index is -0.414. The van der Waals surface area contributed by atoms with Crippen LogP contribution in [0.2, 0.25) is 0 Å². The summed E-state index contributed by atoms with van der Waals surface area (Å²) in [5.41, 5.74) is 1.35. The molecule has 0 aliphatic carbocycles. The molecular weight excluding hydrogens is 321 g/mol. The second-order valence-corrected chi connectivity index (χ2v) is 5.18. The first kappa shape index (κ1) is 16.3. The fraction of sp³-hybridized carbons (Fsp3) is 0. The number of halogens is 1. The number of pyridine rings is 1. The van der Waals surface area contributed by atoms with Gasteiger partial charge in [-0.05, 0) is 48.5 Å². The molecule has 2 N–H and O–H groups in total. The molecule has 2 aromatic carbocycles. The van der Waals surface area contributed by atoms with Crippen molar-refractivity contribution in [2.24, 2.45) is 0 Å². The summed E-state index contributed by atoms with van der Waals surface area (Å²) < 4.78 is 12.9. The Morgan fingerprint density at radius 2 is 1.52 bits per heavy atom. The van der Waals surface area contributed by atoms with Crippen molar-refractivity contribution in [2.75, 3.05) is 10.6 Å². The van der Waals surface area contributed by atoms with E-state index in [4.69, 9.17) is 0 Å². The van der Waals surface area contributed by atoms with Gasteiger partial charge in [0.2, 0.25) is 0 Å². The summed E-state index contributed by atoms with van der Waals surface area (Å²) in [6.07, 6.45) is 1.52. The first-order chi connectivity index (χ1) is 12.1. The number of amides is 2. The zero-order chi connectivity index (χ0) is 17.6. The van der Waals surface area contributed by atoms with Gasteiger partial charge < -0.3 is 10.6 Å². The normalized spacial score (nSPS) is 10.1. The van der Waals surface area contributed by atoms with Gasteiger partial charge in [-0.25, -0.2) is 4.39 Å². The second kappa shape index (κ2) is 7.35. The lowest BCUT2D eigenvalue weighted by atomic mass is 10.1. The molecule has 0 fully saturated rings. The Morgan fingerprint density at radius 1 is 0.800 bits per heavy atom. The number of benzene rings is 2. The lowest BCUT2D eigenvalue weighted by Gasteiger charge is -2.11. The van der Waals surface area contributed by atoms with Crippen LogP contribution in [0.1, 0.15) is 20.8 Å². The Labute approximate surface area is 143 Å². The van der Waals surface area contributed by atoms with Crippen LogP contribution in [0, 0.1) is 5.82 Å². The van der Waals surface area contributed by atoms with E-state index in [1.807, 2.05) is 0 Å². The van der Waals surface area contributed by atoms with E-state index in [0.29, 0.717) is 11.4 Å². The molecular formula is C19H14FN3O2. The Balaban J connectivity index is 1.79. The largest absolute Gasteiger partial charge is 0.322 e. The average molecular weight is 335 g/mol.